The highest BCUT2D eigenvalue weighted by Crippen LogP contribution is 2.25. The number of benzene rings is 1. The SMILES string of the molecule is CN(CC(N)=O)c1cccc(C(N)=O)c1N. The molecule has 6 heteroatoms. The molecule has 2 amide bonds. The van der Waals surface area contributed by atoms with Crippen LogP contribution in [0, 0.1) is 0 Å². The number of para-hydroxylation sites is 1. The monoisotopic (exact) mass is 222 g/mol. The molecule has 0 aliphatic heterocycles. The van der Waals surface area contributed by atoms with Gasteiger partial charge in [0.15, 0.2) is 0 Å². The van der Waals surface area contributed by atoms with Crippen LogP contribution in [0.3, 0.4) is 0 Å². The first-order valence-corrected chi connectivity index (χ1v) is 4.61. The predicted molar refractivity (Wildman–Crippen MR) is 61.8 cm³/mol. The summed E-state index contributed by atoms with van der Waals surface area (Å²) in [6.07, 6.45) is 0. The van der Waals surface area contributed by atoms with Crippen LogP contribution >= 0.6 is 0 Å². The summed E-state index contributed by atoms with van der Waals surface area (Å²) in [5, 5.41) is 0. The Hall–Kier alpha value is -2.24. The average molecular weight is 222 g/mol. The van der Waals surface area contributed by atoms with E-state index >= 15 is 0 Å². The molecule has 86 valence electrons. The maximum atomic E-state index is 11.1. The summed E-state index contributed by atoms with van der Waals surface area (Å²) in [5.74, 6) is -1.08. The van der Waals surface area contributed by atoms with Gasteiger partial charge >= 0.3 is 0 Å². The van der Waals surface area contributed by atoms with Crippen LogP contribution in [-0.4, -0.2) is 25.4 Å². The molecule has 0 aliphatic rings. The van der Waals surface area contributed by atoms with Crippen LogP contribution in [0.15, 0.2) is 18.2 Å². The Balaban J connectivity index is 3.10. The van der Waals surface area contributed by atoms with Crippen molar-refractivity contribution in [2.24, 2.45) is 11.5 Å². The third kappa shape index (κ3) is 2.41. The minimum Gasteiger partial charge on any atom is -0.396 e. The molecule has 0 aromatic heterocycles. The second kappa shape index (κ2) is 4.52. The van der Waals surface area contributed by atoms with Gasteiger partial charge in [0.1, 0.15) is 0 Å². The van der Waals surface area contributed by atoms with Gasteiger partial charge in [-0.1, -0.05) is 6.07 Å². The van der Waals surface area contributed by atoms with Crippen molar-refractivity contribution in [3.63, 3.8) is 0 Å². The van der Waals surface area contributed by atoms with E-state index in [1.165, 1.54) is 6.07 Å². The van der Waals surface area contributed by atoms with Gasteiger partial charge in [-0.15, -0.1) is 0 Å². The van der Waals surface area contributed by atoms with Crippen LogP contribution in [0.4, 0.5) is 11.4 Å². The van der Waals surface area contributed by atoms with E-state index in [1.54, 1.807) is 24.1 Å². The lowest BCUT2D eigenvalue weighted by Crippen LogP contribution is -2.31. The first-order valence-electron chi connectivity index (χ1n) is 4.61. The third-order valence-corrected chi connectivity index (χ3v) is 2.15. The molecule has 6 nitrogen and oxygen atoms in total. The Kier molecular flexibility index (Phi) is 3.34. The van der Waals surface area contributed by atoms with Crippen molar-refractivity contribution in [1.82, 2.24) is 0 Å². The van der Waals surface area contributed by atoms with E-state index in [1.807, 2.05) is 0 Å². The van der Waals surface area contributed by atoms with Gasteiger partial charge in [-0.05, 0) is 12.1 Å². The molecule has 0 unspecified atom stereocenters. The highest BCUT2D eigenvalue weighted by atomic mass is 16.1. The van der Waals surface area contributed by atoms with Gasteiger partial charge in [0, 0.05) is 7.05 Å². The number of rotatable bonds is 4. The molecule has 0 saturated heterocycles. The molecule has 1 rings (SSSR count). The smallest absolute Gasteiger partial charge is 0.250 e. The summed E-state index contributed by atoms with van der Waals surface area (Å²) in [4.78, 5) is 23.4. The Morgan fingerprint density at radius 3 is 2.44 bits per heavy atom. The zero-order valence-electron chi connectivity index (χ0n) is 8.93. The van der Waals surface area contributed by atoms with Gasteiger partial charge in [0.2, 0.25) is 5.91 Å². The van der Waals surface area contributed by atoms with Crippen LogP contribution in [0.2, 0.25) is 0 Å². The largest absolute Gasteiger partial charge is 0.396 e. The van der Waals surface area contributed by atoms with Gasteiger partial charge < -0.3 is 22.1 Å². The molecule has 0 aliphatic carbocycles. The van der Waals surface area contributed by atoms with E-state index in [9.17, 15) is 9.59 Å². The topological polar surface area (TPSA) is 115 Å². The van der Waals surface area contributed by atoms with E-state index < -0.39 is 11.8 Å². The average Bonchev–Trinajstić information content (AvgIpc) is 2.16. The quantitative estimate of drug-likeness (QED) is 0.583. The molecule has 0 radical (unpaired) electrons. The van der Waals surface area contributed by atoms with Crippen LogP contribution in [0.25, 0.3) is 0 Å². The Labute approximate surface area is 93.0 Å². The van der Waals surface area contributed by atoms with Crippen molar-refractivity contribution in [1.29, 1.82) is 0 Å². The first kappa shape index (κ1) is 11.8. The van der Waals surface area contributed by atoms with Crippen LogP contribution in [0.5, 0.6) is 0 Å². The molecular formula is C10H14N4O2. The number of amides is 2. The van der Waals surface area contributed by atoms with Crippen molar-refractivity contribution in [3.05, 3.63) is 23.8 Å². The number of carbonyl (C=O) groups excluding carboxylic acids is 2. The summed E-state index contributed by atoms with van der Waals surface area (Å²) in [5.41, 5.74) is 17.0. The number of nitrogen functional groups attached to an aromatic ring is 1. The number of anilines is 2. The normalized spacial score (nSPS) is 9.81. The molecular weight excluding hydrogens is 208 g/mol. The molecule has 0 saturated carbocycles. The van der Waals surface area contributed by atoms with Gasteiger partial charge in [-0.3, -0.25) is 9.59 Å². The lowest BCUT2D eigenvalue weighted by Gasteiger charge is -2.20. The minimum atomic E-state index is -0.605. The highest BCUT2D eigenvalue weighted by Gasteiger charge is 2.13. The fourth-order valence-electron chi connectivity index (χ4n) is 1.42. The summed E-state index contributed by atoms with van der Waals surface area (Å²) in [6, 6.07) is 4.85. The second-order valence-electron chi connectivity index (χ2n) is 3.43. The van der Waals surface area contributed by atoms with Crippen LogP contribution < -0.4 is 22.1 Å². The van der Waals surface area contributed by atoms with Gasteiger partial charge in [0.25, 0.3) is 5.91 Å². The number of nitrogens with zero attached hydrogens (tertiary/aromatic N) is 1. The highest BCUT2D eigenvalue weighted by molar-refractivity contribution is 6.01. The molecule has 1 aromatic rings. The van der Waals surface area contributed by atoms with E-state index in [4.69, 9.17) is 17.2 Å². The molecule has 0 heterocycles. The minimum absolute atomic E-state index is 0.0203. The van der Waals surface area contributed by atoms with Crippen molar-refractivity contribution in [3.8, 4) is 0 Å². The zero-order chi connectivity index (χ0) is 12.3. The van der Waals surface area contributed by atoms with Crippen LogP contribution in [0.1, 0.15) is 10.4 Å². The summed E-state index contributed by atoms with van der Waals surface area (Å²) < 4.78 is 0. The van der Waals surface area contributed by atoms with E-state index in [-0.39, 0.29) is 17.8 Å². The molecule has 16 heavy (non-hydrogen) atoms. The summed E-state index contributed by atoms with van der Waals surface area (Å²) in [6.45, 7) is 0.0203. The summed E-state index contributed by atoms with van der Waals surface area (Å²) >= 11 is 0. The maximum absolute atomic E-state index is 11.1. The number of hydrogen-bond donors (Lipinski definition) is 3. The van der Waals surface area contributed by atoms with Gasteiger partial charge in [-0.2, -0.15) is 0 Å². The van der Waals surface area contributed by atoms with Gasteiger partial charge in [-0.25, -0.2) is 0 Å². The fraction of sp³-hybridized carbons (Fsp3) is 0.200. The van der Waals surface area contributed by atoms with Crippen molar-refractivity contribution in [2.45, 2.75) is 0 Å². The number of hydrogen-bond acceptors (Lipinski definition) is 4. The standard InChI is InChI=1S/C10H14N4O2/c1-14(5-8(11)15)7-4-2-3-6(9(7)12)10(13)16/h2-4H,5,12H2,1H3,(H2,11,15)(H2,13,16). The van der Waals surface area contributed by atoms with E-state index in [2.05, 4.69) is 0 Å². The maximum Gasteiger partial charge on any atom is 0.250 e. The fourth-order valence-corrected chi connectivity index (χ4v) is 1.42. The van der Waals surface area contributed by atoms with Gasteiger partial charge in [0.05, 0.1) is 23.5 Å². The first-order chi connectivity index (χ1) is 7.43. The lowest BCUT2D eigenvalue weighted by molar-refractivity contribution is -0.116. The predicted octanol–water partition coefficient (Wildman–Crippen LogP) is -0.711. The summed E-state index contributed by atoms with van der Waals surface area (Å²) in [7, 11) is 1.65. The lowest BCUT2D eigenvalue weighted by atomic mass is 10.1. The number of primary amides is 2. The molecule has 0 fully saturated rings. The number of likely N-dealkylation sites (N-methyl/N-ethyl adjacent to an activating group) is 1. The molecule has 0 bridgehead atoms. The molecule has 1 aromatic carbocycles. The van der Waals surface area contributed by atoms with E-state index in [0.29, 0.717) is 5.69 Å². The number of nitrogens with two attached hydrogens (primary N) is 3. The number of carbonyl (C=O) groups is 2. The molecule has 0 atom stereocenters. The van der Waals surface area contributed by atoms with Crippen molar-refractivity contribution >= 4 is 23.2 Å². The van der Waals surface area contributed by atoms with Crippen LogP contribution in [-0.2, 0) is 4.79 Å². The third-order valence-electron chi connectivity index (χ3n) is 2.15. The Bertz CT molecular complexity index is 431. The Morgan fingerprint density at radius 1 is 1.31 bits per heavy atom. The molecule has 6 N–H and O–H groups in total. The molecule has 0 spiro atoms. The zero-order valence-corrected chi connectivity index (χ0v) is 8.93. The van der Waals surface area contributed by atoms with Crippen molar-refractivity contribution in [2.75, 3.05) is 24.2 Å². The Morgan fingerprint density at radius 2 is 1.94 bits per heavy atom. The second-order valence-corrected chi connectivity index (χ2v) is 3.43. The van der Waals surface area contributed by atoms with E-state index in [0.717, 1.165) is 0 Å². The van der Waals surface area contributed by atoms with Crippen molar-refractivity contribution < 1.29 is 9.59 Å².